The fraction of sp³-hybridized carbons (Fsp3) is 0.857. The van der Waals surface area contributed by atoms with Gasteiger partial charge in [0.05, 0.1) is 6.04 Å². The first-order valence-electron chi connectivity index (χ1n) is 7.82. The van der Waals surface area contributed by atoms with Gasteiger partial charge in [0.15, 0.2) is 0 Å². The van der Waals surface area contributed by atoms with E-state index in [2.05, 4.69) is 22.3 Å². The van der Waals surface area contributed by atoms with Crippen LogP contribution in [-0.2, 0) is 9.59 Å². The predicted octanol–water partition coefficient (Wildman–Crippen LogP) is 2.11. The SMILES string of the molecule is CCC(CCC(=O)O)NSC(=O)C(CCCCCCN)NS. The molecule has 0 spiro atoms. The van der Waals surface area contributed by atoms with Crippen LogP contribution >= 0.6 is 24.8 Å². The predicted molar refractivity (Wildman–Crippen MR) is 94.7 cm³/mol. The van der Waals surface area contributed by atoms with Crippen LogP contribution in [0.1, 0.15) is 58.3 Å². The molecule has 6 nitrogen and oxygen atoms in total. The summed E-state index contributed by atoms with van der Waals surface area (Å²) < 4.78 is 5.81. The van der Waals surface area contributed by atoms with E-state index in [1.807, 2.05) is 6.92 Å². The molecule has 0 aliphatic rings. The van der Waals surface area contributed by atoms with Gasteiger partial charge in [-0.2, -0.15) is 0 Å². The Morgan fingerprint density at radius 3 is 2.45 bits per heavy atom. The highest BCUT2D eigenvalue weighted by Gasteiger charge is 2.19. The van der Waals surface area contributed by atoms with Gasteiger partial charge in [-0.15, -0.1) is 0 Å². The first kappa shape index (κ1) is 21.7. The van der Waals surface area contributed by atoms with Crippen molar-refractivity contribution in [2.45, 2.75) is 70.4 Å². The second-order valence-corrected chi connectivity index (χ2v) is 6.35. The average molecular weight is 352 g/mol. The maximum absolute atomic E-state index is 12.1. The Kier molecular flexibility index (Phi) is 14.1. The molecule has 22 heavy (non-hydrogen) atoms. The normalized spacial score (nSPS) is 13.8. The molecule has 0 amide bonds. The van der Waals surface area contributed by atoms with E-state index in [1.54, 1.807) is 0 Å². The van der Waals surface area contributed by atoms with Gasteiger partial charge in [0.2, 0.25) is 5.12 Å². The first-order chi connectivity index (χ1) is 10.5. The van der Waals surface area contributed by atoms with E-state index in [0.29, 0.717) is 13.0 Å². The highest BCUT2D eigenvalue weighted by molar-refractivity contribution is 8.12. The van der Waals surface area contributed by atoms with Crippen LogP contribution in [0.3, 0.4) is 0 Å². The molecule has 0 aromatic rings. The molecule has 8 heteroatoms. The Bertz CT molecular complexity index is 320. The van der Waals surface area contributed by atoms with E-state index in [1.165, 1.54) is 0 Å². The van der Waals surface area contributed by atoms with Gasteiger partial charge in [0.1, 0.15) is 0 Å². The van der Waals surface area contributed by atoms with E-state index in [9.17, 15) is 9.59 Å². The lowest BCUT2D eigenvalue weighted by Crippen LogP contribution is -2.33. The van der Waals surface area contributed by atoms with Crippen molar-refractivity contribution >= 4 is 35.8 Å². The smallest absolute Gasteiger partial charge is 0.303 e. The number of unbranched alkanes of at least 4 members (excludes halogenated alkanes) is 3. The van der Waals surface area contributed by atoms with Crippen LogP contribution in [-0.4, -0.2) is 34.8 Å². The van der Waals surface area contributed by atoms with Crippen LogP contribution in [0.2, 0.25) is 0 Å². The van der Waals surface area contributed by atoms with Crippen molar-refractivity contribution in [2.24, 2.45) is 5.73 Å². The molecule has 0 aromatic carbocycles. The molecule has 0 saturated heterocycles. The number of rotatable bonds is 14. The average Bonchev–Trinajstić information content (AvgIpc) is 2.50. The standard InChI is InChI=1S/C14H29N3O3S2/c1-2-11(8-9-13(18)19)17-22-14(20)12(16-21)7-5-3-4-6-10-15/h11-12,16-17,21H,2-10,15H2,1H3,(H,18,19). The van der Waals surface area contributed by atoms with E-state index in [-0.39, 0.29) is 23.6 Å². The molecular weight excluding hydrogens is 322 g/mol. The minimum atomic E-state index is -0.816. The van der Waals surface area contributed by atoms with E-state index in [4.69, 9.17) is 10.8 Å². The zero-order valence-electron chi connectivity index (χ0n) is 13.2. The van der Waals surface area contributed by atoms with Crippen molar-refractivity contribution < 1.29 is 14.7 Å². The Morgan fingerprint density at radius 2 is 1.91 bits per heavy atom. The third-order valence-corrected chi connectivity index (χ3v) is 4.66. The van der Waals surface area contributed by atoms with Gasteiger partial charge in [0.25, 0.3) is 0 Å². The van der Waals surface area contributed by atoms with E-state index < -0.39 is 5.97 Å². The summed E-state index contributed by atoms with van der Waals surface area (Å²) in [6.45, 7) is 2.68. The highest BCUT2D eigenvalue weighted by Crippen LogP contribution is 2.14. The van der Waals surface area contributed by atoms with Crippen molar-refractivity contribution in [1.82, 2.24) is 9.44 Å². The lowest BCUT2D eigenvalue weighted by molar-refractivity contribution is -0.137. The molecule has 0 bridgehead atoms. The maximum atomic E-state index is 12.1. The second kappa shape index (κ2) is 14.3. The fourth-order valence-corrected chi connectivity index (χ4v) is 3.16. The van der Waals surface area contributed by atoms with E-state index in [0.717, 1.165) is 50.5 Å². The zero-order valence-corrected chi connectivity index (χ0v) is 14.9. The van der Waals surface area contributed by atoms with Crippen LogP contribution in [0.5, 0.6) is 0 Å². The maximum Gasteiger partial charge on any atom is 0.303 e. The van der Waals surface area contributed by atoms with Gasteiger partial charge in [-0.25, -0.2) is 0 Å². The van der Waals surface area contributed by atoms with Gasteiger partial charge < -0.3 is 10.8 Å². The molecule has 0 radical (unpaired) electrons. The number of hydrogen-bond donors (Lipinski definition) is 5. The van der Waals surface area contributed by atoms with Crippen LogP contribution in [0.4, 0.5) is 0 Å². The molecule has 0 aliphatic carbocycles. The molecule has 0 rings (SSSR count). The number of carbonyl (C=O) groups excluding carboxylic acids is 1. The number of aliphatic carboxylic acids is 1. The van der Waals surface area contributed by atoms with Crippen molar-refractivity contribution in [3.8, 4) is 0 Å². The van der Waals surface area contributed by atoms with Crippen LogP contribution in [0.25, 0.3) is 0 Å². The number of nitrogens with two attached hydrogens (primary N) is 1. The Balaban J connectivity index is 3.99. The highest BCUT2D eigenvalue weighted by atomic mass is 32.2. The van der Waals surface area contributed by atoms with Crippen LogP contribution in [0, 0.1) is 0 Å². The number of carboxylic acids is 1. The lowest BCUT2D eigenvalue weighted by Gasteiger charge is -2.18. The van der Waals surface area contributed by atoms with Gasteiger partial charge in [-0.1, -0.05) is 39.0 Å². The summed E-state index contributed by atoms with van der Waals surface area (Å²) in [5, 5.41) is 8.68. The Labute approximate surface area is 143 Å². The number of nitrogens with one attached hydrogen (secondary N) is 2. The first-order valence-corrected chi connectivity index (χ1v) is 9.09. The minimum absolute atomic E-state index is 0.0115. The van der Waals surface area contributed by atoms with Gasteiger partial charge in [-0.05, 0) is 44.2 Å². The number of carbonyl (C=O) groups is 2. The van der Waals surface area contributed by atoms with Gasteiger partial charge >= 0.3 is 5.97 Å². The fourth-order valence-electron chi connectivity index (χ4n) is 1.94. The van der Waals surface area contributed by atoms with Crippen LogP contribution in [0.15, 0.2) is 0 Å². The summed E-state index contributed by atoms with van der Waals surface area (Å²) in [4.78, 5) is 22.7. The molecule has 0 aliphatic heterocycles. The van der Waals surface area contributed by atoms with Crippen molar-refractivity contribution in [1.29, 1.82) is 0 Å². The quantitative estimate of drug-likeness (QED) is 0.185. The molecule has 130 valence electrons. The largest absolute Gasteiger partial charge is 0.481 e. The monoisotopic (exact) mass is 351 g/mol. The van der Waals surface area contributed by atoms with Crippen LogP contribution < -0.4 is 15.2 Å². The topological polar surface area (TPSA) is 104 Å². The minimum Gasteiger partial charge on any atom is -0.481 e. The zero-order chi connectivity index (χ0) is 16.8. The molecule has 2 unspecified atom stereocenters. The third kappa shape index (κ3) is 11.3. The summed E-state index contributed by atoms with van der Waals surface area (Å²) in [6.07, 6.45) is 6.28. The number of hydrogen-bond acceptors (Lipinski definition) is 7. The van der Waals surface area contributed by atoms with Crippen molar-refractivity contribution in [3.05, 3.63) is 0 Å². The second-order valence-electron chi connectivity index (χ2n) is 5.25. The number of thiol groups is 1. The number of carboxylic acid groups (broad SMARTS) is 1. The summed E-state index contributed by atoms with van der Waals surface area (Å²) in [7, 11) is 0. The Hall–Kier alpha value is -0.280. The Morgan fingerprint density at radius 1 is 1.23 bits per heavy atom. The summed E-state index contributed by atoms with van der Waals surface area (Å²) in [5.41, 5.74) is 5.44. The molecule has 0 heterocycles. The molecule has 0 saturated carbocycles. The van der Waals surface area contributed by atoms with Gasteiger partial charge in [-0.3, -0.25) is 19.0 Å². The lowest BCUT2D eigenvalue weighted by atomic mass is 10.1. The summed E-state index contributed by atoms with van der Waals surface area (Å²) in [6, 6.07) is -0.272. The molecule has 0 fully saturated rings. The molecule has 2 atom stereocenters. The molecule has 0 aromatic heterocycles. The van der Waals surface area contributed by atoms with E-state index >= 15 is 0 Å². The molecule has 5 N–H and O–H groups in total. The van der Waals surface area contributed by atoms with Gasteiger partial charge in [0, 0.05) is 12.5 Å². The molecular formula is C14H29N3O3S2. The summed E-state index contributed by atoms with van der Waals surface area (Å²) >= 11 is 5.07. The third-order valence-electron chi connectivity index (χ3n) is 3.41. The van der Waals surface area contributed by atoms with Crippen molar-refractivity contribution in [3.63, 3.8) is 0 Å². The van der Waals surface area contributed by atoms with Crippen molar-refractivity contribution in [2.75, 3.05) is 6.54 Å². The summed E-state index contributed by atoms with van der Waals surface area (Å²) in [5.74, 6) is -0.816.